The van der Waals surface area contributed by atoms with Crippen LogP contribution < -0.4 is 5.32 Å². The zero-order chi connectivity index (χ0) is 11.8. The molecule has 3 saturated carbocycles. The second kappa shape index (κ2) is 4.60. The number of carbonyl (C=O) groups is 1. The average molecular weight is 237 g/mol. The molecule has 17 heavy (non-hydrogen) atoms. The minimum atomic E-state index is -0.592. The van der Waals surface area contributed by atoms with Gasteiger partial charge in [-0.25, -0.2) is 0 Å². The molecule has 0 amide bonds. The molecule has 3 aliphatic carbocycles. The number of rotatable bonds is 5. The third-order valence-corrected chi connectivity index (χ3v) is 4.71. The van der Waals surface area contributed by atoms with E-state index in [0.29, 0.717) is 12.1 Å². The van der Waals surface area contributed by atoms with Crippen LogP contribution in [0, 0.1) is 17.8 Å². The van der Waals surface area contributed by atoms with E-state index in [-0.39, 0.29) is 5.92 Å². The summed E-state index contributed by atoms with van der Waals surface area (Å²) in [5.41, 5.74) is 0. The topological polar surface area (TPSA) is 49.3 Å². The summed E-state index contributed by atoms with van der Waals surface area (Å²) in [4.78, 5) is 11.1. The molecule has 0 aliphatic heterocycles. The van der Waals surface area contributed by atoms with E-state index >= 15 is 0 Å². The Balaban J connectivity index is 1.54. The second-order valence-electron chi connectivity index (χ2n) is 6.27. The third kappa shape index (κ3) is 2.82. The maximum absolute atomic E-state index is 11.1. The van der Waals surface area contributed by atoms with Gasteiger partial charge in [0.15, 0.2) is 0 Å². The predicted octanol–water partition coefficient (Wildman–Crippen LogP) is 2.41. The molecule has 3 heteroatoms. The molecule has 96 valence electrons. The molecule has 3 fully saturated rings. The van der Waals surface area contributed by atoms with Crippen molar-refractivity contribution in [3.05, 3.63) is 0 Å². The predicted molar refractivity (Wildman–Crippen MR) is 65.8 cm³/mol. The molecule has 3 nitrogen and oxygen atoms in total. The van der Waals surface area contributed by atoms with E-state index in [0.717, 1.165) is 31.1 Å². The van der Waals surface area contributed by atoms with E-state index < -0.39 is 5.97 Å². The van der Waals surface area contributed by atoms with Gasteiger partial charge in [0.2, 0.25) is 0 Å². The molecule has 0 heterocycles. The highest BCUT2D eigenvalue weighted by Gasteiger charge is 2.42. The van der Waals surface area contributed by atoms with Crippen molar-refractivity contribution in [1.29, 1.82) is 0 Å². The van der Waals surface area contributed by atoms with E-state index in [4.69, 9.17) is 5.11 Å². The van der Waals surface area contributed by atoms with Crippen LogP contribution in [0.25, 0.3) is 0 Å². The van der Waals surface area contributed by atoms with Crippen molar-refractivity contribution < 1.29 is 9.90 Å². The van der Waals surface area contributed by atoms with Gasteiger partial charge in [0.05, 0.1) is 5.92 Å². The zero-order valence-electron chi connectivity index (χ0n) is 10.4. The summed E-state index contributed by atoms with van der Waals surface area (Å²) >= 11 is 0. The fourth-order valence-corrected chi connectivity index (χ4v) is 3.41. The van der Waals surface area contributed by atoms with Gasteiger partial charge >= 0.3 is 5.97 Å². The Morgan fingerprint density at radius 1 is 1.06 bits per heavy atom. The van der Waals surface area contributed by atoms with Gasteiger partial charge in [-0.1, -0.05) is 6.42 Å². The first-order valence-corrected chi connectivity index (χ1v) is 7.23. The van der Waals surface area contributed by atoms with Crippen LogP contribution in [0.4, 0.5) is 0 Å². The summed E-state index contributed by atoms with van der Waals surface area (Å²) in [5.74, 6) is 1.13. The van der Waals surface area contributed by atoms with Crippen molar-refractivity contribution in [3.63, 3.8) is 0 Å². The Morgan fingerprint density at radius 2 is 1.71 bits per heavy atom. The highest BCUT2D eigenvalue weighted by atomic mass is 16.4. The van der Waals surface area contributed by atoms with Crippen LogP contribution in [0.15, 0.2) is 0 Å². The van der Waals surface area contributed by atoms with Crippen molar-refractivity contribution in [2.75, 3.05) is 0 Å². The Hall–Kier alpha value is -0.570. The first-order chi connectivity index (χ1) is 8.24. The summed E-state index contributed by atoms with van der Waals surface area (Å²) in [5, 5.41) is 12.9. The average Bonchev–Trinajstić information content (AvgIpc) is 3.16. The van der Waals surface area contributed by atoms with Gasteiger partial charge in [-0.2, -0.15) is 0 Å². The van der Waals surface area contributed by atoms with Crippen LogP contribution in [-0.2, 0) is 4.79 Å². The molecule has 0 aromatic heterocycles. The van der Waals surface area contributed by atoms with E-state index in [2.05, 4.69) is 5.32 Å². The maximum Gasteiger partial charge on any atom is 0.306 e. The van der Waals surface area contributed by atoms with Crippen LogP contribution in [0.1, 0.15) is 51.4 Å². The maximum atomic E-state index is 11.1. The molecule has 0 aromatic rings. The SMILES string of the molecule is O=C(O)C1CCCC(NC(C2CC2)C2CC2)C1. The second-order valence-corrected chi connectivity index (χ2v) is 6.27. The van der Waals surface area contributed by atoms with Crippen LogP contribution in [0.2, 0.25) is 0 Å². The number of hydrogen-bond donors (Lipinski definition) is 2. The number of nitrogens with one attached hydrogen (secondary N) is 1. The van der Waals surface area contributed by atoms with E-state index in [9.17, 15) is 4.79 Å². The lowest BCUT2D eigenvalue weighted by atomic mass is 9.85. The highest BCUT2D eigenvalue weighted by molar-refractivity contribution is 5.70. The smallest absolute Gasteiger partial charge is 0.306 e. The molecule has 3 aliphatic rings. The first kappa shape index (κ1) is 11.5. The van der Waals surface area contributed by atoms with Crippen molar-refractivity contribution in [2.45, 2.75) is 63.5 Å². The third-order valence-electron chi connectivity index (χ3n) is 4.71. The number of aliphatic carboxylic acids is 1. The summed E-state index contributed by atoms with van der Waals surface area (Å²) in [6.07, 6.45) is 9.56. The number of carboxylic acids is 1. The van der Waals surface area contributed by atoms with Crippen LogP contribution in [0.3, 0.4) is 0 Å². The Labute approximate surface area is 103 Å². The molecule has 2 N–H and O–H groups in total. The molecule has 3 rings (SSSR count). The van der Waals surface area contributed by atoms with Crippen molar-refractivity contribution in [3.8, 4) is 0 Å². The van der Waals surface area contributed by atoms with Gasteiger partial charge in [-0.15, -0.1) is 0 Å². The van der Waals surface area contributed by atoms with Gasteiger partial charge in [0.1, 0.15) is 0 Å². The first-order valence-electron chi connectivity index (χ1n) is 7.23. The monoisotopic (exact) mass is 237 g/mol. The lowest BCUT2D eigenvalue weighted by Gasteiger charge is -2.31. The van der Waals surface area contributed by atoms with E-state index in [1.165, 1.54) is 32.1 Å². The molecular formula is C14H23NO2. The Kier molecular flexibility index (Phi) is 3.12. The summed E-state index contributed by atoms with van der Waals surface area (Å²) < 4.78 is 0. The van der Waals surface area contributed by atoms with Gasteiger partial charge < -0.3 is 10.4 Å². The van der Waals surface area contributed by atoms with Gasteiger partial charge in [0, 0.05) is 12.1 Å². The van der Waals surface area contributed by atoms with Crippen molar-refractivity contribution in [2.24, 2.45) is 17.8 Å². The molecule has 2 atom stereocenters. The molecule has 0 spiro atoms. The summed E-state index contributed by atoms with van der Waals surface area (Å²) in [7, 11) is 0. The summed E-state index contributed by atoms with van der Waals surface area (Å²) in [6, 6.07) is 1.18. The lowest BCUT2D eigenvalue weighted by molar-refractivity contribution is -0.143. The minimum Gasteiger partial charge on any atom is -0.481 e. The molecule has 0 radical (unpaired) electrons. The van der Waals surface area contributed by atoms with E-state index in [1.807, 2.05) is 0 Å². The van der Waals surface area contributed by atoms with Crippen LogP contribution >= 0.6 is 0 Å². The molecule has 2 unspecified atom stereocenters. The molecule has 0 aromatic carbocycles. The van der Waals surface area contributed by atoms with Crippen LogP contribution in [-0.4, -0.2) is 23.2 Å². The quantitative estimate of drug-likeness (QED) is 0.772. The zero-order valence-corrected chi connectivity index (χ0v) is 10.4. The fraction of sp³-hybridized carbons (Fsp3) is 0.929. The number of hydrogen-bond acceptors (Lipinski definition) is 2. The summed E-state index contributed by atoms with van der Waals surface area (Å²) in [6.45, 7) is 0. The lowest BCUT2D eigenvalue weighted by Crippen LogP contribution is -2.44. The highest BCUT2D eigenvalue weighted by Crippen LogP contribution is 2.45. The van der Waals surface area contributed by atoms with Crippen LogP contribution in [0.5, 0.6) is 0 Å². The molecular weight excluding hydrogens is 214 g/mol. The molecule has 0 saturated heterocycles. The van der Waals surface area contributed by atoms with Crippen molar-refractivity contribution in [1.82, 2.24) is 5.32 Å². The fourth-order valence-electron chi connectivity index (χ4n) is 3.41. The number of carboxylic acid groups (broad SMARTS) is 1. The van der Waals surface area contributed by atoms with E-state index in [1.54, 1.807) is 0 Å². The largest absolute Gasteiger partial charge is 0.481 e. The van der Waals surface area contributed by atoms with Gasteiger partial charge in [0.25, 0.3) is 0 Å². The Morgan fingerprint density at radius 3 is 2.24 bits per heavy atom. The molecule has 0 bridgehead atoms. The van der Waals surface area contributed by atoms with Crippen molar-refractivity contribution >= 4 is 5.97 Å². The standard InChI is InChI=1S/C14H23NO2/c16-14(17)11-2-1-3-12(8-11)15-13(9-4-5-9)10-6-7-10/h9-13,15H,1-8H2,(H,16,17). The minimum absolute atomic E-state index is 0.0969. The van der Waals surface area contributed by atoms with Gasteiger partial charge in [-0.05, 0) is 56.8 Å². The Bertz CT molecular complexity index is 285. The normalized spacial score (nSPS) is 33.9. The van der Waals surface area contributed by atoms with Gasteiger partial charge in [-0.3, -0.25) is 4.79 Å².